The van der Waals surface area contributed by atoms with Gasteiger partial charge in [0.15, 0.2) is 0 Å². The fourth-order valence-electron chi connectivity index (χ4n) is 2.68. The van der Waals surface area contributed by atoms with E-state index in [9.17, 15) is 9.59 Å². The van der Waals surface area contributed by atoms with Crippen LogP contribution in [0.1, 0.15) is 33.6 Å². The molecular weight excluding hydrogens is 234 g/mol. The summed E-state index contributed by atoms with van der Waals surface area (Å²) in [5.41, 5.74) is -0.492. The third-order valence-corrected chi connectivity index (χ3v) is 3.35. The minimum atomic E-state index is -0.492. The third kappa shape index (κ3) is 2.83. The molecule has 2 unspecified atom stereocenters. The highest BCUT2D eigenvalue weighted by atomic mass is 16.6. The summed E-state index contributed by atoms with van der Waals surface area (Å²) in [6, 6.07) is -0.0508. The van der Waals surface area contributed by atoms with Crippen molar-refractivity contribution >= 4 is 12.4 Å². The van der Waals surface area contributed by atoms with Gasteiger partial charge in [-0.1, -0.05) is 0 Å². The Balaban J connectivity index is 2.08. The van der Waals surface area contributed by atoms with Crippen molar-refractivity contribution in [1.29, 1.82) is 0 Å². The van der Waals surface area contributed by atoms with E-state index in [1.807, 2.05) is 20.8 Å². The maximum atomic E-state index is 12.2. The maximum Gasteiger partial charge on any atom is 0.410 e. The van der Waals surface area contributed by atoms with Gasteiger partial charge in [-0.3, -0.25) is 4.90 Å². The summed E-state index contributed by atoms with van der Waals surface area (Å²) >= 11 is 0. The first-order valence-electron chi connectivity index (χ1n) is 6.45. The van der Waals surface area contributed by atoms with Crippen LogP contribution in [0, 0.1) is 5.92 Å². The molecule has 0 N–H and O–H groups in total. The van der Waals surface area contributed by atoms with Crippen molar-refractivity contribution < 1.29 is 19.1 Å². The molecule has 0 aromatic carbocycles. The average Bonchev–Trinajstić information content (AvgIpc) is 2.24. The van der Waals surface area contributed by atoms with Crippen molar-refractivity contribution in [3.05, 3.63) is 0 Å². The smallest absolute Gasteiger partial charge is 0.410 e. The normalized spacial score (nSPS) is 31.9. The number of aldehydes is 1. The van der Waals surface area contributed by atoms with Crippen LogP contribution >= 0.6 is 0 Å². The molecule has 0 aromatic rings. The first-order valence-corrected chi connectivity index (χ1v) is 6.45. The molecule has 2 heterocycles. The fourth-order valence-corrected chi connectivity index (χ4v) is 2.68. The Morgan fingerprint density at radius 1 is 1.28 bits per heavy atom. The first kappa shape index (κ1) is 13.3. The Morgan fingerprint density at radius 2 is 1.83 bits per heavy atom. The van der Waals surface area contributed by atoms with E-state index in [4.69, 9.17) is 9.47 Å². The molecule has 0 spiro atoms. The van der Waals surface area contributed by atoms with Gasteiger partial charge >= 0.3 is 6.09 Å². The monoisotopic (exact) mass is 255 g/mol. The molecule has 2 aliphatic rings. The van der Waals surface area contributed by atoms with Crippen molar-refractivity contribution in [3.8, 4) is 0 Å². The molecule has 2 bridgehead atoms. The minimum absolute atomic E-state index is 0.0254. The summed E-state index contributed by atoms with van der Waals surface area (Å²) in [7, 11) is 0. The lowest BCUT2D eigenvalue weighted by molar-refractivity contribution is -0.121. The average molecular weight is 255 g/mol. The van der Waals surface area contributed by atoms with E-state index in [0.717, 1.165) is 6.29 Å². The molecule has 5 heteroatoms. The molecule has 102 valence electrons. The van der Waals surface area contributed by atoms with Crippen LogP contribution in [0.4, 0.5) is 4.79 Å². The van der Waals surface area contributed by atoms with Crippen LogP contribution in [0.15, 0.2) is 0 Å². The van der Waals surface area contributed by atoms with Gasteiger partial charge in [-0.25, -0.2) is 4.79 Å². The second-order valence-corrected chi connectivity index (χ2v) is 6.10. The van der Waals surface area contributed by atoms with Crippen LogP contribution in [0.2, 0.25) is 0 Å². The number of fused-ring (bicyclic) bond motifs is 2. The molecule has 1 amide bonds. The maximum absolute atomic E-state index is 12.2. The van der Waals surface area contributed by atoms with Gasteiger partial charge < -0.3 is 14.3 Å². The number of amides is 1. The zero-order valence-corrected chi connectivity index (χ0v) is 11.2. The number of hydrogen-bond donors (Lipinski definition) is 0. The van der Waals surface area contributed by atoms with Crippen LogP contribution in [0.25, 0.3) is 0 Å². The molecule has 2 rings (SSSR count). The van der Waals surface area contributed by atoms with Crippen molar-refractivity contribution in [2.75, 3.05) is 13.2 Å². The number of carbonyl (C=O) groups is 2. The molecule has 5 nitrogen and oxygen atoms in total. The lowest BCUT2D eigenvalue weighted by Crippen LogP contribution is -2.60. The number of piperidine rings is 1. The Bertz CT molecular complexity index is 322. The van der Waals surface area contributed by atoms with Gasteiger partial charge in [-0.15, -0.1) is 0 Å². The van der Waals surface area contributed by atoms with Gasteiger partial charge in [0.25, 0.3) is 0 Å². The number of hydrogen-bond acceptors (Lipinski definition) is 4. The fraction of sp³-hybridized carbons (Fsp3) is 0.846. The predicted octanol–water partition coefficient (Wildman–Crippen LogP) is 1.60. The highest BCUT2D eigenvalue weighted by Crippen LogP contribution is 2.31. The van der Waals surface area contributed by atoms with Gasteiger partial charge in [0.05, 0.1) is 25.3 Å². The van der Waals surface area contributed by atoms with Crippen LogP contribution < -0.4 is 0 Å². The van der Waals surface area contributed by atoms with Gasteiger partial charge in [-0.05, 0) is 33.6 Å². The number of nitrogens with zero attached hydrogens (tertiary/aromatic N) is 1. The van der Waals surface area contributed by atoms with E-state index in [2.05, 4.69) is 0 Å². The Labute approximate surface area is 107 Å². The quantitative estimate of drug-likeness (QED) is 0.668. The summed E-state index contributed by atoms with van der Waals surface area (Å²) in [5.74, 6) is 0.0441. The highest BCUT2D eigenvalue weighted by molar-refractivity contribution is 5.70. The van der Waals surface area contributed by atoms with Gasteiger partial charge in [0, 0.05) is 5.92 Å². The summed E-state index contributed by atoms with van der Waals surface area (Å²) in [4.78, 5) is 24.9. The zero-order chi connectivity index (χ0) is 13.3. The van der Waals surface area contributed by atoms with E-state index in [1.165, 1.54) is 0 Å². The largest absolute Gasteiger partial charge is 0.444 e. The van der Waals surface area contributed by atoms with E-state index < -0.39 is 5.60 Å². The highest BCUT2D eigenvalue weighted by Gasteiger charge is 2.43. The Hall–Kier alpha value is -1.10. The lowest BCUT2D eigenvalue weighted by Gasteiger charge is -2.47. The molecule has 2 fully saturated rings. The Kier molecular flexibility index (Phi) is 3.61. The van der Waals surface area contributed by atoms with Gasteiger partial charge in [0.2, 0.25) is 0 Å². The summed E-state index contributed by atoms with van der Waals surface area (Å²) < 4.78 is 10.9. The van der Waals surface area contributed by atoms with Crippen molar-refractivity contribution in [3.63, 3.8) is 0 Å². The van der Waals surface area contributed by atoms with Crippen molar-refractivity contribution in [2.24, 2.45) is 5.92 Å². The predicted molar refractivity (Wildman–Crippen MR) is 65.3 cm³/mol. The van der Waals surface area contributed by atoms with Crippen LogP contribution in [0.3, 0.4) is 0 Å². The molecule has 0 radical (unpaired) electrons. The molecular formula is C13H21NO4. The zero-order valence-electron chi connectivity index (χ0n) is 11.2. The Morgan fingerprint density at radius 3 is 2.28 bits per heavy atom. The summed E-state index contributed by atoms with van der Waals surface area (Å²) in [6.45, 7) is 6.57. The minimum Gasteiger partial charge on any atom is -0.444 e. The first-order chi connectivity index (χ1) is 8.40. The standard InChI is InChI=1S/C13H21NO4/c1-13(2,3)18-12(16)14-10-4-9(6-15)5-11(14)8-17-7-10/h6,9-11H,4-5,7-8H2,1-3H3. The molecule has 2 saturated heterocycles. The van der Waals surface area contributed by atoms with Gasteiger partial charge in [0.1, 0.15) is 11.9 Å². The van der Waals surface area contributed by atoms with Crippen LogP contribution in [-0.4, -0.2) is 48.2 Å². The number of rotatable bonds is 1. The van der Waals surface area contributed by atoms with E-state index in [0.29, 0.717) is 26.1 Å². The van der Waals surface area contributed by atoms with E-state index in [-0.39, 0.29) is 24.1 Å². The van der Waals surface area contributed by atoms with Gasteiger partial charge in [-0.2, -0.15) is 0 Å². The summed E-state index contributed by atoms with van der Waals surface area (Å²) in [6.07, 6.45) is 2.07. The number of morpholine rings is 1. The second kappa shape index (κ2) is 4.88. The number of carbonyl (C=O) groups excluding carboxylic acids is 2. The van der Waals surface area contributed by atoms with Crippen molar-refractivity contribution in [2.45, 2.75) is 51.3 Å². The van der Waals surface area contributed by atoms with E-state index in [1.54, 1.807) is 4.90 Å². The molecule has 0 aromatic heterocycles. The third-order valence-electron chi connectivity index (χ3n) is 3.35. The van der Waals surface area contributed by atoms with Crippen molar-refractivity contribution in [1.82, 2.24) is 4.90 Å². The van der Waals surface area contributed by atoms with Crippen LogP contribution in [-0.2, 0) is 14.3 Å². The molecule has 0 aliphatic carbocycles. The molecule has 2 atom stereocenters. The molecule has 2 aliphatic heterocycles. The lowest BCUT2D eigenvalue weighted by atomic mass is 9.86. The molecule has 18 heavy (non-hydrogen) atoms. The van der Waals surface area contributed by atoms with Crippen LogP contribution in [0.5, 0.6) is 0 Å². The summed E-state index contributed by atoms with van der Waals surface area (Å²) in [5, 5.41) is 0. The van der Waals surface area contributed by atoms with E-state index >= 15 is 0 Å². The SMILES string of the molecule is CC(C)(C)OC(=O)N1C2COCC1CC(C=O)C2. The topological polar surface area (TPSA) is 55.8 Å². The molecule has 0 saturated carbocycles. The second-order valence-electron chi connectivity index (χ2n) is 6.10. The number of ether oxygens (including phenoxy) is 2.